The van der Waals surface area contributed by atoms with E-state index in [-0.39, 0.29) is 5.41 Å². The molecule has 0 saturated carbocycles. The van der Waals surface area contributed by atoms with Crippen molar-refractivity contribution in [3.8, 4) is 0 Å². The van der Waals surface area contributed by atoms with Gasteiger partial charge in [-0.3, -0.25) is 0 Å². The molecule has 0 aromatic heterocycles. The quantitative estimate of drug-likeness (QED) is 0.571. The molecule has 18 heavy (non-hydrogen) atoms. The SMILES string of the molecule is CC1CC=C(C2(C3=CCCCC3)C=CC=C2)CC1. The fourth-order valence-corrected chi connectivity index (χ4v) is 3.66. The average molecular weight is 240 g/mol. The van der Waals surface area contributed by atoms with Crippen LogP contribution in [0.1, 0.15) is 51.9 Å². The minimum absolute atomic E-state index is 0.181. The highest BCUT2D eigenvalue weighted by molar-refractivity contribution is 5.47. The molecule has 0 fully saturated rings. The highest BCUT2D eigenvalue weighted by Crippen LogP contribution is 2.48. The number of rotatable bonds is 2. The van der Waals surface area contributed by atoms with Gasteiger partial charge in [-0.1, -0.05) is 54.5 Å². The molecule has 0 bridgehead atoms. The van der Waals surface area contributed by atoms with Crippen LogP contribution in [0.2, 0.25) is 0 Å². The van der Waals surface area contributed by atoms with Gasteiger partial charge < -0.3 is 0 Å². The van der Waals surface area contributed by atoms with E-state index in [0.717, 1.165) is 5.92 Å². The summed E-state index contributed by atoms with van der Waals surface area (Å²) in [6.07, 6.45) is 23.7. The molecule has 96 valence electrons. The summed E-state index contributed by atoms with van der Waals surface area (Å²) in [7, 11) is 0. The Hall–Kier alpha value is -1.04. The van der Waals surface area contributed by atoms with E-state index >= 15 is 0 Å². The molecule has 0 spiro atoms. The zero-order valence-electron chi connectivity index (χ0n) is 11.5. The van der Waals surface area contributed by atoms with Crippen LogP contribution in [0.3, 0.4) is 0 Å². The van der Waals surface area contributed by atoms with E-state index in [1.807, 2.05) is 0 Å². The van der Waals surface area contributed by atoms with E-state index in [9.17, 15) is 0 Å². The molecule has 3 aliphatic rings. The van der Waals surface area contributed by atoms with Crippen molar-refractivity contribution in [3.05, 3.63) is 47.6 Å². The summed E-state index contributed by atoms with van der Waals surface area (Å²) in [6, 6.07) is 0. The molecule has 3 rings (SSSR count). The lowest BCUT2D eigenvalue weighted by atomic mass is 9.68. The second-order valence-electron chi connectivity index (χ2n) is 6.17. The highest BCUT2D eigenvalue weighted by Gasteiger charge is 2.35. The van der Waals surface area contributed by atoms with Gasteiger partial charge in [-0.15, -0.1) is 0 Å². The van der Waals surface area contributed by atoms with E-state index in [1.165, 1.54) is 44.9 Å². The molecule has 1 atom stereocenters. The van der Waals surface area contributed by atoms with Crippen LogP contribution in [0, 0.1) is 11.3 Å². The van der Waals surface area contributed by atoms with Crippen molar-refractivity contribution in [1.29, 1.82) is 0 Å². The highest BCUT2D eigenvalue weighted by atomic mass is 14.4. The second-order valence-corrected chi connectivity index (χ2v) is 6.17. The van der Waals surface area contributed by atoms with E-state index < -0.39 is 0 Å². The zero-order valence-corrected chi connectivity index (χ0v) is 11.5. The van der Waals surface area contributed by atoms with Crippen molar-refractivity contribution >= 4 is 0 Å². The van der Waals surface area contributed by atoms with Gasteiger partial charge in [0.25, 0.3) is 0 Å². The maximum absolute atomic E-state index is 2.53. The van der Waals surface area contributed by atoms with Gasteiger partial charge in [0.05, 0.1) is 0 Å². The van der Waals surface area contributed by atoms with Crippen molar-refractivity contribution in [1.82, 2.24) is 0 Å². The molecule has 0 aromatic carbocycles. The Bertz CT molecular complexity index is 419. The zero-order chi connectivity index (χ0) is 12.4. The largest absolute Gasteiger partial charge is 0.0838 e. The van der Waals surface area contributed by atoms with Crippen LogP contribution in [0.4, 0.5) is 0 Å². The first-order valence-corrected chi connectivity index (χ1v) is 7.57. The third-order valence-corrected chi connectivity index (χ3v) is 4.86. The lowest BCUT2D eigenvalue weighted by Gasteiger charge is -2.36. The predicted molar refractivity (Wildman–Crippen MR) is 78.4 cm³/mol. The molecule has 0 heteroatoms. The first kappa shape index (κ1) is 12.0. The van der Waals surface area contributed by atoms with E-state index in [2.05, 4.69) is 43.4 Å². The first-order valence-electron chi connectivity index (χ1n) is 7.57. The van der Waals surface area contributed by atoms with Gasteiger partial charge in [-0.05, 0) is 50.9 Å². The van der Waals surface area contributed by atoms with Crippen molar-refractivity contribution in [2.75, 3.05) is 0 Å². The normalized spacial score (nSPS) is 30.2. The van der Waals surface area contributed by atoms with Crippen molar-refractivity contribution < 1.29 is 0 Å². The Balaban J connectivity index is 1.95. The molecule has 0 heterocycles. The lowest BCUT2D eigenvalue weighted by molar-refractivity contribution is 0.472. The Morgan fingerprint density at radius 1 is 1.00 bits per heavy atom. The van der Waals surface area contributed by atoms with Gasteiger partial charge in [-0.2, -0.15) is 0 Å². The topological polar surface area (TPSA) is 0 Å². The van der Waals surface area contributed by atoms with E-state index in [4.69, 9.17) is 0 Å². The maximum atomic E-state index is 2.53. The van der Waals surface area contributed by atoms with Gasteiger partial charge in [-0.25, -0.2) is 0 Å². The minimum atomic E-state index is 0.181. The van der Waals surface area contributed by atoms with Crippen molar-refractivity contribution in [2.24, 2.45) is 11.3 Å². The summed E-state index contributed by atoms with van der Waals surface area (Å²) in [5.41, 5.74) is 3.51. The Labute approximate surface area is 111 Å². The molecule has 0 saturated heterocycles. The van der Waals surface area contributed by atoms with E-state index in [1.54, 1.807) is 11.1 Å². The smallest absolute Gasteiger partial charge is 0.0488 e. The molecular weight excluding hydrogens is 216 g/mol. The molecule has 0 nitrogen and oxygen atoms in total. The van der Waals surface area contributed by atoms with Crippen molar-refractivity contribution in [2.45, 2.75) is 51.9 Å². The monoisotopic (exact) mass is 240 g/mol. The van der Waals surface area contributed by atoms with Crippen LogP contribution in [0.5, 0.6) is 0 Å². The van der Waals surface area contributed by atoms with Crippen molar-refractivity contribution in [3.63, 3.8) is 0 Å². The van der Waals surface area contributed by atoms with Gasteiger partial charge in [0.1, 0.15) is 0 Å². The summed E-state index contributed by atoms with van der Waals surface area (Å²) < 4.78 is 0. The van der Waals surface area contributed by atoms with Crippen LogP contribution < -0.4 is 0 Å². The molecule has 0 radical (unpaired) electrons. The lowest BCUT2D eigenvalue weighted by Crippen LogP contribution is -2.23. The predicted octanol–water partition coefficient (Wildman–Crippen LogP) is 5.35. The Morgan fingerprint density at radius 2 is 1.78 bits per heavy atom. The summed E-state index contributed by atoms with van der Waals surface area (Å²) in [4.78, 5) is 0. The summed E-state index contributed by atoms with van der Waals surface area (Å²) in [5, 5.41) is 0. The van der Waals surface area contributed by atoms with Gasteiger partial charge in [0.2, 0.25) is 0 Å². The molecule has 3 aliphatic carbocycles. The van der Waals surface area contributed by atoms with Crippen LogP contribution in [0.15, 0.2) is 47.6 Å². The fraction of sp³-hybridized carbons (Fsp3) is 0.556. The Kier molecular flexibility index (Phi) is 3.28. The standard InChI is InChI=1S/C18H24/c1-15-9-11-17(12-10-15)18(13-5-6-14-18)16-7-3-2-4-8-16/h5-7,11,13-15H,2-4,8-10,12H2,1H3. The van der Waals surface area contributed by atoms with Crippen LogP contribution in [-0.2, 0) is 0 Å². The second kappa shape index (κ2) is 4.91. The molecule has 0 aromatic rings. The van der Waals surface area contributed by atoms with Gasteiger partial charge >= 0.3 is 0 Å². The Morgan fingerprint density at radius 3 is 2.39 bits per heavy atom. The average Bonchev–Trinajstić information content (AvgIpc) is 2.91. The fourth-order valence-electron chi connectivity index (χ4n) is 3.66. The maximum Gasteiger partial charge on any atom is 0.0488 e. The first-order chi connectivity index (χ1) is 8.81. The molecule has 0 amide bonds. The molecule has 1 unspecified atom stereocenters. The van der Waals surface area contributed by atoms with Crippen LogP contribution in [-0.4, -0.2) is 0 Å². The van der Waals surface area contributed by atoms with Crippen LogP contribution >= 0.6 is 0 Å². The van der Waals surface area contributed by atoms with E-state index in [0.29, 0.717) is 0 Å². The summed E-state index contributed by atoms with van der Waals surface area (Å²) in [5.74, 6) is 0.875. The molecule has 0 N–H and O–H groups in total. The summed E-state index contributed by atoms with van der Waals surface area (Å²) >= 11 is 0. The van der Waals surface area contributed by atoms with Gasteiger partial charge in [0, 0.05) is 5.41 Å². The summed E-state index contributed by atoms with van der Waals surface area (Å²) in [6.45, 7) is 2.38. The number of allylic oxidation sites excluding steroid dienone is 8. The third kappa shape index (κ3) is 2.02. The number of hydrogen-bond donors (Lipinski definition) is 0. The molecular formula is C18H24. The number of hydrogen-bond acceptors (Lipinski definition) is 0. The van der Waals surface area contributed by atoms with Gasteiger partial charge in [0.15, 0.2) is 0 Å². The third-order valence-electron chi connectivity index (χ3n) is 4.86. The van der Waals surface area contributed by atoms with Crippen LogP contribution in [0.25, 0.3) is 0 Å². The minimum Gasteiger partial charge on any atom is -0.0838 e. The molecule has 0 aliphatic heterocycles.